The molecule has 0 bridgehead atoms. The fourth-order valence-electron chi connectivity index (χ4n) is 2.75. The number of para-hydroxylation sites is 2. The van der Waals surface area contributed by atoms with Gasteiger partial charge in [-0.25, -0.2) is 9.98 Å². The Hall–Kier alpha value is -3.49. The lowest BCUT2D eigenvalue weighted by molar-refractivity contribution is 0.219. The van der Waals surface area contributed by atoms with Crippen molar-refractivity contribution in [2.45, 2.75) is 26.4 Å². The van der Waals surface area contributed by atoms with E-state index in [0.717, 1.165) is 18.3 Å². The second-order valence-electron chi connectivity index (χ2n) is 6.56. The number of aromatic amines is 1. The van der Waals surface area contributed by atoms with E-state index in [9.17, 15) is 0 Å². The average Bonchev–Trinajstić information content (AvgIpc) is 3.44. The molecule has 9 heteroatoms. The number of aliphatic imine (C=N–C) groups is 1. The molecule has 3 N–H and O–H groups in total. The number of nitrogens with zero attached hydrogens (tertiary/aromatic N) is 3. The zero-order valence-electron chi connectivity index (χ0n) is 17.5. The molecule has 9 nitrogen and oxygen atoms in total. The quantitative estimate of drug-likeness (QED) is 0.347. The van der Waals surface area contributed by atoms with E-state index < -0.39 is 0 Å². The Balaban J connectivity index is 1.49. The van der Waals surface area contributed by atoms with Crippen LogP contribution in [-0.2, 0) is 6.42 Å². The van der Waals surface area contributed by atoms with Crippen LogP contribution < -0.4 is 20.1 Å². The highest BCUT2D eigenvalue weighted by Gasteiger charge is 2.10. The average molecular weight is 412 g/mol. The maximum atomic E-state index is 5.96. The van der Waals surface area contributed by atoms with Gasteiger partial charge in [-0.3, -0.25) is 5.10 Å². The smallest absolute Gasteiger partial charge is 0.216 e. The molecule has 0 spiro atoms. The van der Waals surface area contributed by atoms with Crippen LogP contribution in [0.2, 0.25) is 0 Å². The van der Waals surface area contributed by atoms with Crippen LogP contribution in [0, 0.1) is 0 Å². The molecule has 0 radical (unpaired) electrons. The standard InChI is InChI=1S/C21H28N6O3/c1-4-22-21(24-14-15(2)30-17-9-6-5-8-16(17)28-3)23-12-11-19-25-20(27-26-19)18-10-7-13-29-18/h5-10,13,15H,4,11-12,14H2,1-3H3,(H2,22,23,24)(H,25,26,27). The molecular formula is C21H28N6O3. The van der Waals surface area contributed by atoms with Crippen molar-refractivity contribution in [2.24, 2.45) is 4.99 Å². The third-order valence-electron chi connectivity index (χ3n) is 4.18. The summed E-state index contributed by atoms with van der Waals surface area (Å²) in [5.41, 5.74) is 0. The highest BCUT2D eigenvalue weighted by Crippen LogP contribution is 2.26. The highest BCUT2D eigenvalue weighted by molar-refractivity contribution is 5.79. The molecule has 160 valence electrons. The van der Waals surface area contributed by atoms with Crippen LogP contribution in [-0.4, -0.2) is 54.0 Å². The summed E-state index contributed by atoms with van der Waals surface area (Å²) in [6.45, 7) is 5.92. The van der Waals surface area contributed by atoms with Gasteiger partial charge in [-0.2, -0.15) is 5.10 Å². The second-order valence-corrected chi connectivity index (χ2v) is 6.56. The van der Waals surface area contributed by atoms with Crippen molar-refractivity contribution in [3.05, 3.63) is 48.5 Å². The maximum Gasteiger partial charge on any atom is 0.216 e. The number of rotatable bonds is 10. The molecule has 1 unspecified atom stereocenters. The molecule has 0 amide bonds. The van der Waals surface area contributed by atoms with Crippen molar-refractivity contribution in [2.75, 3.05) is 26.7 Å². The van der Waals surface area contributed by atoms with Gasteiger partial charge in [0.2, 0.25) is 5.82 Å². The molecular weight excluding hydrogens is 384 g/mol. The molecule has 0 aliphatic heterocycles. The van der Waals surface area contributed by atoms with E-state index in [1.807, 2.05) is 50.2 Å². The number of hydrogen-bond acceptors (Lipinski definition) is 6. The Morgan fingerprint density at radius 3 is 2.77 bits per heavy atom. The molecule has 0 fully saturated rings. The summed E-state index contributed by atoms with van der Waals surface area (Å²) in [6.07, 6.45) is 2.16. The van der Waals surface area contributed by atoms with Crippen LogP contribution in [0.4, 0.5) is 0 Å². The highest BCUT2D eigenvalue weighted by atomic mass is 16.5. The minimum absolute atomic E-state index is 0.109. The molecule has 0 aliphatic carbocycles. The van der Waals surface area contributed by atoms with Gasteiger partial charge in [0, 0.05) is 19.5 Å². The summed E-state index contributed by atoms with van der Waals surface area (Å²) in [5, 5.41) is 13.6. The molecule has 2 heterocycles. The number of hydrogen-bond donors (Lipinski definition) is 3. The van der Waals surface area contributed by atoms with Crippen LogP contribution in [0.1, 0.15) is 19.7 Å². The van der Waals surface area contributed by atoms with E-state index >= 15 is 0 Å². The summed E-state index contributed by atoms with van der Waals surface area (Å²) >= 11 is 0. The fourth-order valence-corrected chi connectivity index (χ4v) is 2.75. The third-order valence-corrected chi connectivity index (χ3v) is 4.18. The first-order valence-corrected chi connectivity index (χ1v) is 9.96. The molecule has 1 atom stereocenters. The predicted octanol–water partition coefficient (Wildman–Crippen LogP) is 2.64. The molecule has 0 saturated carbocycles. The number of H-pyrrole nitrogens is 1. The predicted molar refractivity (Wildman–Crippen MR) is 115 cm³/mol. The van der Waals surface area contributed by atoms with Gasteiger partial charge in [-0.15, -0.1) is 0 Å². The number of furan rings is 1. The number of benzene rings is 1. The monoisotopic (exact) mass is 412 g/mol. The van der Waals surface area contributed by atoms with Crippen molar-refractivity contribution in [1.82, 2.24) is 25.8 Å². The first kappa shape index (κ1) is 21.2. The van der Waals surface area contributed by atoms with Crippen LogP contribution in [0.5, 0.6) is 11.5 Å². The second kappa shape index (κ2) is 10.9. The number of aromatic nitrogens is 3. The summed E-state index contributed by atoms with van der Waals surface area (Å²) in [4.78, 5) is 9.05. The Morgan fingerprint density at radius 2 is 2.03 bits per heavy atom. The molecule has 0 saturated heterocycles. The van der Waals surface area contributed by atoms with Gasteiger partial charge < -0.3 is 24.5 Å². The summed E-state index contributed by atoms with van der Waals surface area (Å²) in [6, 6.07) is 11.2. The Morgan fingerprint density at radius 1 is 1.20 bits per heavy atom. The first-order chi connectivity index (χ1) is 14.7. The van der Waals surface area contributed by atoms with Crippen molar-refractivity contribution < 1.29 is 13.9 Å². The van der Waals surface area contributed by atoms with Gasteiger partial charge in [-0.05, 0) is 38.1 Å². The van der Waals surface area contributed by atoms with Gasteiger partial charge in [0.1, 0.15) is 11.9 Å². The van der Waals surface area contributed by atoms with Crippen LogP contribution in [0.25, 0.3) is 11.6 Å². The van der Waals surface area contributed by atoms with Gasteiger partial charge in [-0.1, -0.05) is 12.1 Å². The van der Waals surface area contributed by atoms with Crippen LogP contribution >= 0.6 is 0 Å². The minimum atomic E-state index is -0.109. The van der Waals surface area contributed by atoms with E-state index in [1.54, 1.807) is 13.4 Å². The first-order valence-electron chi connectivity index (χ1n) is 9.96. The van der Waals surface area contributed by atoms with Crippen molar-refractivity contribution in [3.8, 4) is 23.1 Å². The molecule has 2 aromatic heterocycles. The topological polar surface area (TPSA) is 110 Å². The van der Waals surface area contributed by atoms with Gasteiger partial charge in [0.05, 0.1) is 19.9 Å². The summed E-state index contributed by atoms with van der Waals surface area (Å²) in [5.74, 6) is 4.11. The lowest BCUT2D eigenvalue weighted by Gasteiger charge is -2.16. The molecule has 3 aromatic rings. The Kier molecular flexibility index (Phi) is 7.71. The van der Waals surface area contributed by atoms with Gasteiger partial charge in [0.15, 0.2) is 23.2 Å². The van der Waals surface area contributed by atoms with E-state index in [-0.39, 0.29) is 6.10 Å². The molecule has 0 aliphatic rings. The number of nitrogens with one attached hydrogen (secondary N) is 3. The number of guanidine groups is 1. The molecule has 30 heavy (non-hydrogen) atoms. The largest absolute Gasteiger partial charge is 0.493 e. The zero-order chi connectivity index (χ0) is 21.2. The zero-order valence-corrected chi connectivity index (χ0v) is 17.5. The van der Waals surface area contributed by atoms with Crippen molar-refractivity contribution >= 4 is 5.96 Å². The van der Waals surface area contributed by atoms with Gasteiger partial charge in [0.25, 0.3) is 0 Å². The van der Waals surface area contributed by atoms with Crippen LogP contribution in [0.15, 0.2) is 52.1 Å². The lowest BCUT2D eigenvalue weighted by atomic mass is 10.3. The normalized spacial score (nSPS) is 12.4. The summed E-state index contributed by atoms with van der Waals surface area (Å²) < 4.78 is 16.6. The maximum absolute atomic E-state index is 5.96. The van der Waals surface area contributed by atoms with E-state index in [1.165, 1.54) is 0 Å². The molecule has 3 rings (SSSR count). The third kappa shape index (κ3) is 6.00. The summed E-state index contributed by atoms with van der Waals surface area (Å²) in [7, 11) is 1.63. The SMILES string of the molecule is CCNC(=NCC(C)Oc1ccccc1OC)NCCc1nc(-c2ccco2)n[nH]1. The minimum Gasteiger partial charge on any atom is -0.493 e. The molecule has 1 aromatic carbocycles. The number of ether oxygens (including phenoxy) is 2. The van der Waals surface area contributed by atoms with E-state index in [4.69, 9.17) is 13.9 Å². The van der Waals surface area contributed by atoms with Crippen molar-refractivity contribution in [1.29, 1.82) is 0 Å². The van der Waals surface area contributed by atoms with Crippen LogP contribution in [0.3, 0.4) is 0 Å². The fraction of sp³-hybridized carbons (Fsp3) is 0.381. The van der Waals surface area contributed by atoms with E-state index in [2.05, 4.69) is 30.8 Å². The van der Waals surface area contributed by atoms with Gasteiger partial charge >= 0.3 is 0 Å². The van der Waals surface area contributed by atoms with E-state index in [0.29, 0.717) is 42.6 Å². The Labute approximate surface area is 175 Å². The number of methoxy groups -OCH3 is 1. The lowest BCUT2D eigenvalue weighted by Crippen LogP contribution is -2.39. The van der Waals surface area contributed by atoms with Crippen molar-refractivity contribution in [3.63, 3.8) is 0 Å². The Bertz CT molecular complexity index is 922.